The Morgan fingerprint density at radius 1 is 1.08 bits per heavy atom. The number of carbonyl (C=O) groups excluding carboxylic acids is 1. The highest BCUT2D eigenvalue weighted by atomic mass is 16.3. The predicted octanol–water partition coefficient (Wildman–Crippen LogP) is 3.65. The summed E-state index contributed by atoms with van der Waals surface area (Å²) in [4.78, 5) is 12.2. The smallest absolute Gasteiger partial charge is 0.225 e. The number of rotatable bonds is 7. The first kappa shape index (κ1) is 19.2. The number of amides is 1. The molecule has 0 fully saturated rings. The SMILES string of the molecule is Cc1ccc(NC(=O)CC(C)NCC(O)c2ccccc2C)c(C)c1. The van der Waals surface area contributed by atoms with Crippen molar-refractivity contribution in [3.05, 3.63) is 64.7 Å². The van der Waals surface area contributed by atoms with Crippen LogP contribution in [0.2, 0.25) is 0 Å². The highest BCUT2D eigenvalue weighted by Gasteiger charge is 2.14. The molecule has 0 bridgehead atoms. The lowest BCUT2D eigenvalue weighted by Gasteiger charge is -2.19. The lowest BCUT2D eigenvalue weighted by atomic mass is 10.0. The molecular formula is C21H28N2O2. The quantitative estimate of drug-likeness (QED) is 0.721. The van der Waals surface area contributed by atoms with Crippen molar-refractivity contribution in [3.63, 3.8) is 0 Å². The van der Waals surface area contributed by atoms with Crippen LogP contribution < -0.4 is 10.6 Å². The Morgan fingerprint density at radius 3 is 2.48 bits per heavy atom. The summed E-state index contributed by atoms with van der Waals surface area (Å²) in [5.41, 5.74) is 5.07. The van der Waals surface area contributed by atoms with Gasteiger partial charge in [0.25, 0.3) is 0 Å². The third kappa shape index (κ3) is 5.69. The van der Waals surface area contributed by atoms with Gasteiger partial charge in [0.2, 0.25) is 5.91 Å². The molecular weight excluding hydrogens is 312 g/mol. The van der Waals surface area contributed by atoms with E-state index in [1.54, 1.807) is 0 Å². The van der Waals surface area contributed by atoms with E-state index in [4.69, 9.17) is 0 Å². The molecule has 0 radical (unpaired) electrons. The van der Waals surface area contributed by atoms with E-state index < -0.39 is 6.10 Å². The maximum atomic E-state index is 12.2. The minimum atomic E-state index is -0.578. The fourth-order valence-electron chi connectivity index (χ4n) is 2.89. The van der Waals surface area contributed by atoms with E-state index in [1.165, 1.54) is 5.56 Å². The lowest BCUT2D eigenvalue weighted by molar-refractivity contribution is -0.116. The molecule has 25 heavy (non-hydrogen) atoms. The van der Waals surface area contributed by atoms with Crippen LogP contribution in [0.25, 0.3) is 0 Å². The summed E-state index contributed by atoms with van der Waals surface area (Å²) < 4.78 is 0. The first-order valence-corrected chi connectivity index (χ1v) is 8.71. The van der Waals surface area contributed by atoms with Crippen molar-refractivity contribution in [1.29, 1.82) is 0 Å². The second-order valence-electron chi connectivity index (χ2n) is 6.75. The highest BCUT2D eigenvalue weighted by molar-refractivity contribution is 5.91. The number of aliphatic hydroxyl groups excluding tert-OH is 1. The van der Waals surface area contributed by atoms with Gasteiger partial charge < -0.3 is 15.7 Å². The molecule has 2 unspecified atom stereocenters. The van der Waals surface area contributed by atoms with E-state index in [0.29, 0.717) is 13.0 Å². The molecule has 0 saturated heterocycles. The van der Waals surface area contributed by atoms with Gasteiger partial charge in [-0.15, -0.1) is 0 Å². The normalized spacial score (nSPS) is 13.3. The zero-order chi connectivity index (χ0) is 18.4. The van der Waals surface area contributed by atoms with Crippen molar-refractivity contribution in [3.8, 4) is 0 Å². The minimum Gasteiger partial charge on any atom is -0.387 e. The van der Waals surface area contributed by atoms with Crippen LogP contribution in [0.4, 0.5) is 5.69 Å². The number of aryl methyl sites for hydroxylation is 3. The van der Waals surface area contributed by atoms with Crippen molar-refractivity contribution in [2.24, 2.45) is 0 Å². The summed E-state index contributed by atoms with van der Waals surface area (Å²) in [7, 11) is 0. The van der Waals surface area contributed by atoms with Gasteiger partial charge in [-0.3, -0.25) is 4.79 Å². The predicted molar refractivity (Wildman–Crippen MR) is 103 cm³/mol. The number of carbonyl (C=O) groups is 1. The second kappa shape index (κ2) is 8.79. The number of hydrogen-bond acceptors (Lipinski definition) is 3. The van der Waals surface area contributed by atoms with Crippen LogP contribution in [0, 0.1) is 20.8 Å². The molecule has 2 aromatic carbocycles. The Balaban J connectivity index is 1.82. The number of aliphatic hydroxyl groups is 1. The summed E-state index contributed by atoms with van der Waals surface area (Å²) >= 11 is 0. The number of benzene rings is 2. The fraction of sp³-hybridized carbons (Fsp3) is 0.381. The Kier molecular flexibility index (Phi) is 6.73. The molecule has 0 saturated carbocycles. The molecule has 0 aliphatic carbocycles. The molecule has 4 heteroatoms. The second-order valence-corrected chi connectivity index (χ2v) is 6.75. The summed E-state index contributed by atoms with van der Waals surface area (Å²) in [5.74, 6) is -0.0302. The molecule has 0 aromatic heterocycles. The third-order valence-electron chi connectivity index (χ3n) is 4.35. The first-order valence-electron chi connectivity index (χ1n) is 8.71. The van der Waals surface area contributed by atoms with E-state index in [0.717, 1.165) is 22.4 Å². The number of hydrogen-bond donors (Lipinski definition) is 3. The number of nitrogens with one attached hydrogen (secondary N) is 2. The minimum absolute atomic E-state index is 0.0237. The fourth-order valence-corrected chi connectivity index (χ4v) is 2.89. The number of anilines is 1. The molecule has 1 amide bonds. The molecule has 2 atom stereocenters. The molecule has 4 nitrogen and oxygen atoms in total. The van der Waals surface area contributed by atoms with Crippen LogP contribution in [-0.2, 0) is 4.79 Å². The van der Waals surface area contributed by atoms with Crippen molar-refractivity contribution in [2.45, 2.75) is 46.3 Å². The topological polar surface area (TPSA) is 61.4 Å². The van der Waals surface area contributed by atoms with Crippen LogP contribution in [-0.4, -0.2) is 23.6 Å². The van der Waals surface area contributed by atoms with Crippen LogP contribution in [0.5, 0.6) is 0 Å². The third-order valence-corrected chi connectivity index (χ3v) is 4.35. The Hall–Kier alpha value is -2.17. The summed E-state index contributed by atoms with van der Waals surface area (Å²) in [6.45, 7) is 8.38. The van der Waals surface area contributed by atoms with Gasteiger partial charge >= 0.3 is 0 Å². The molecule has 2 rings (SSSR count). The van der Waals surface area contributed by atoms with E-state index in [-0.39, 0.29) is 11.9 Å². The van der Waals surface area contributed by atoms with Gasteiger partial charge in [0.1, 0.15) is 0 Å². The summed E-state index contributed by atoms with van der Waals surface area (Å²) in [6.07, 6.45) is -0.223. The van der Waals surface area contributed by atoms with Gasteiger partial charge in [-0.05, 0) is 50.5 Å². The first-order chi connectivity index (χ1) is 11.9. The molecule has 0 aliphatic rings. The largest absolute Gasteiger partial charge is 0.387 e. The van der Waals surface area contributed by atoms with Gasteiger partial charge in [-0.25, -0.2) is 0 Å². The van der Waals surface area contributed by atoms with Crippen molar-refractivity contribution >= 4 is 11.6 Å². The van der Waals surface area contributed by atoms with E-state index in [2.05, 4.69) is 16.7 Å². The Bertz CT molecular complexity index is 728. The monoisotopic (exact) mass is 340 g/mol. The van der Waals surface area contributed by atoms with Crippen molar-refractivity contribution in [2.75, 3.05) is 11.9 Å². The summed E-state index contributed by atoms with van der Waals surface area (Å²) in [5, 5.41) is 16.5. The highest BCUT2D eigenvalue weighted by Crippen LogP contribution is 2.18. The standard InChI is InChI=1S/C21H28N2O2/c1-14-9-10-19(16(3)11-14)23-21(25)12-17(4)22-13-20(24)18-8-6-5-7-15(18)2/h5-11,17,20,22,24H,12-13H2,1-4H3,(H,23,25). The van der Waals surface area contributed by atoms with Crippen LogP contribution in [0.15, 0.2) is 42.5 Å². The van der Waals surface area contributed by atoms with Gasteiger partial charge in [-0.2, -0.15) is 0 Å². The molecule has 134 valence electrons. The van der Waals surface area contributed by atoms with E-state index in [9.17, 15) is 9.90 Å². The van der Waals surface area contributed by atoms with Gasteiger partial charge in [0, 0.05) is 24.7 Å². The van der Waals surface area contributed by atoms with E-state index in [1.807, 2.05) is 64.1 Å². The molecule has 3 N–H and O–H groups in total. The van der Waals surface area contributed by atoms with Crippen LogP contribution in [0.3, 0.4) is 0 Å². The molecule has 0 heterocycles. The van der Waals surface area contributed by atoms with Crippen LogP contribution >= 0.6 is 0 Å². The van der Waals surface area contributed by atoms with Crippen molar-refractivity contribution < 1.29 is 9.90 Å². The molecule has 0 aliphatic heterocycles. The van der Waals surface area contributed by atoms with Gasteiger partial charge in [-0.1, -0.05) is 42.0 Å². The van der Waals surface area contributed by atoms with Crippen LogP contribution in [0.1, 0.15) is 41.7 Å². The zero-order valence-corrected chi connectivity index (χ0v) is 15.5. The zero-order valence-electron chi connectivity index (χ0n) is 15.5. The van der Waals surface area contributed by atoms with Gasteiger partial charge in [0.05, 0.1) is 6.10 Å². The maximum absolute atomic E-state index is 12.2. The van der Waals surface area contributed by atoms with Gasteiger partial charge in [0.15, 0.2) is 0 Å². The molecule has 2 aromatic rings. The van der Waals surface area contributed by atoms with E-state index >= 15 is 0 Å². The average molecular weight is 340 g/mol. The van der Waals surface area contributed by atoms with Crippen molar-refractivity contribution in [1.82, 2.24) is 5.32 Å². The lowest BCUT2D eigenvalue weighted by Crippen LogP contribution is -2.33. The summed E-state index contributed by atoms with van der Waals surface area (Å²) in [6, 6.07) is 13.7. The molecule has 0 spiro atoms. The maximum Gasteiger partial charge on any atom is 0.225 e. The Labute approximate surface area is 150 Å². The Morgan fingerprint density at radius 2 is 1.80 bits per heavy atom. The average Bonchev–Trinajstić information content (AvgIpc) is 2.55.